The molecular weight excluding hydrogens is 166 g/mol. The highest BCUT2D eigenvalue weighted by Crippen LogP contribution is 2.33. The van der Waals surface area contributed by atoms with Crippen LogP contribution in [0, 0.1) is 4.91 Å². The fourth-order valence-corrected chi connectivity index (χ4v) is 1.11. The normalized spacial score (nSPS) is 13.4. The van der Waals surface area contributed by atoms with Crippen LogP contribution in [0.4, 0.5) is 5.69 Å². The molecule has 3 heteroatoms. The zero-order valence-corrected chi connectivity index (χ0v) is 6.53. The Kier molecular flexibility index (Phi) is 1.09. The van der Waals surface area contributed by atoms with Gasteiger partial charge in [-0.15, -0.1) is 4.91 Å². The largest absolute Gasteiger partial charge is 0.505 e. The second kappa shape index (κ2) is 2.86. The Balaban J connectivity index is 3.07. The Hall–Kier alpha value is -1.90. The van der Waals surface area contributed by atoms with Crippen LogP contribution in [-0.4, -0.2) is 5.11 Å². The molecule has 0 aliphatic heterocycles. The van der Waals surface area contributed by atoms with Crippen molar-refractivity contribution in [3.05, 3.63) is 41.2 Å². The lowest BCUT2D eigenvalue weighted by atomic mass is 10.1. The Labute approximate surface area is 78.8 Å². The summed E-state index contributed by atoms with van der Waals surface area (Å²) in [6.45, 7) is 0. The molecule has 0 spiro atoms. The van der Waals surface area contributed by atoms with Crippen LogP contribution in [0.2, 0.25) is 0 Å². The van der Waals surface area contributed by atoms with Crippen LogP contribution in [0.25, 0.3) is 10.8 Å². The number of benzene rings is 2. The van der Waals surface area contributed by atoms with E-state index < -0.39 is 17.5 Å². The minimum Gasteiger partial charge on any atom is -0.505 e. The van der Waals surface area contributed by atoms with Crippen molar-refractivity contribution in [2.75, 3.05) is 0 Å². The van der Waals surface area contributed by atoms with Gasteiger partial charge in [0, 0.05) is 5.39 Å². The number of hydrogen-bond acceptors (Lipinski definition) is 3. The molecule has 0 saturated carbocycles. The predicted octanol–water partition coefficient (Wildman–Crippen LogP) is 2.94. The molecule has 0 heterocycles. The monoisotopic (exact) mass is 176 g/mol. The molecule has 0 bridgehead atoms. The van der Waals surface area contributed by atoms with Gasteiger partial charge in [-0.05, 0) is 16.6 Å². The van der Waals surface area contributed by atoms with Gasteiger partial charge in [0.2, 0.25) is 0 Å². The zero-order valence-electron chi connectivity index (χ0n) is 9.53. The lowest BCUT2D eigenvalue weighted by Crippen LogP contribution is -1.73. The molecule has 2 aromatic carbocycles. The smallest absolute Gasteiger partial charge is 0.152 e. The molecule has 13 heavy (non-hydrogen) atoms. The van der Waals surface area contributed by atoms with E-state index in [1.807, 2.05) is 0 Å². The fourth-order valence-electron chi connectivity index (χ4n) is 1.11. The summed E-state index contributed by atoms with van der Waals surface area (Å²) in [4.78, 5) is 10.5. The molecule has 0 atom stereocenters. The molecular formula is C10H7NO2. The number of nitrogens with zero attached hydrogens (tertiary/aromatic N) is 1. The summed E-state index contributed by atoms with van der Waals surface area (Å²) < 4.78 is 22.7. The van der Waals surface area contributed by atoms with Crippen LogP contribution in [0.3, 0.4) is 0 Å². The molecule has 0 amide bonds. The first-order valence-electron chi connectivity index (χ1n) is 5.12. The standard InChI is InChI=1S/C10H7NO2/c12-10-8-4-2-1-3-7(8)5-6-9(10)11-13/h1-6,12H/i3D,5D,6D. The average Bonchev–Trinajstić information content (AvgIpc) is 2.27. The van der Waals surface area contributed by atoms with Gasteiger partial charge in [-0.25, -0.2) is 0 Å². The lowest BCUT2D eigenvalue weighted by molar-refractivity contribution is 0.483. The van der Waals surface area contributed by atoms with Crippen LogP contribution in [0.15, 0.2) is 41.5 Å². The maximum Gasteiger partial charge on any atom is 0.152 e. The quantitative estimate of drug-likeness (QED) is 0.679. The summed E-state index contributed by atoms with van der Waals surface area (Å²) >= 11 is 0. The molecule has 0 radical (unpaired) electrons. The van der Waals surface area contributed by atoms with Gasteiger partial charge in [0.05, 0.1) is 4.11 Å². The first-order valence-corrected chi connectivity index (χ1v) is 3.62. The van der Waals surface area contributed by atoms with Crippen LogP contribution in [-0.2, 0) is 0 Å². The van der Waals surface area contributed by atoms with Crippen molar-refractivity contribution in [2.24, 2.45) is 5.18 Å². The third-order valence-corrected chi connectivity index (χ3v) is 1.73. The van der Waals surface area contributed by atoms with E-state index in [-0.39, 0.29) is 22.9 Å². The van der Waals surface area contributed by atoms with Crippen molar-refractivity contribution in [1.82, 2.24) is 0 Å². The molecule has 64 valence electrons. The topological polar surface area (TPSA) is 49.7 Å². The SMILES string of the molecule is [2H]c1c(N=O)c(O)c2cccc([2H])c2c1[2H]. The minimum atomic E-state index is -0.459. The highest BCUT2D eigenvalue weighted by atomic mass is 16.3. The van der Waals surface area contributed by atoms with E-state index in [1.54, 1.807) is 0 Å². The molecule has 0 aliphatic rings. The van der Waals surface area contributed by atoms with Gasteiger partial charge in [-0.3, -0.25) is 0 Å². The van der Waals surface area contributed by atoms with Gasteiger partial charge in [0.1, 0.15) is 5.69 Å². The molecule has 2 aromatic rings. The van der Waals surface area contributed by atoms with Crippen molar-refractivity contribution in [3.8, 4) is 5.75 Å². The molecule has 0 aromatic heterocycles. The first kappa shape index (κ1) is 4.97. The Morgan fingerprint density at radius 2 is 2.15 bits per heavy atom. The average molecular weight is 176 g/mol. The zero-order chi connectivity index (χ0) is 11.9. The summed E-state index contributed by atoms with van der Waals surface area (Å²) in [7, 11) is 0. The van der Waals surface area contributed by atoms with Gasteiger partial charge in [-0.1, -0.05) is 30.3 Å². The van der Waals surface area contributed by atoms with Gasteiger partial charge in [0.15, 0.2) is 5.75 Å². The van der Waals surface area contributed by atoms with Crippen molar-refractivity contribution >= 4 is 16.5 Å². The molecule has 3 nitrogen and oxygen atoms in total. The van der Waals surface area contributed by atoms with E-state index in [9.17, 15) is 10.0 Å². The fraction of sp³-hybridized carbons (Fsp3) is 0. The number of aromatic hydroxyl groups is 1. The second-order valence-electron chi connectivity index (χ2n) is 2.50. The summed E-state index contributed by atoms with van der Waals surface area (Å²) in [5, 5.41) is 12.6. The number of phenolic OH excluding ortho intramolecular Hbond substituents is 1. The highest BCUT2D eigenvalue weighted by Gasteiger charge is 2.04. The van der Waals surface area contributed by atoms with Crippen molar-refractivity contribution in [3.63, 3.8) is 0 Å². The van der Waals surface area contributed by atoms with Gasteiger partial charge >= 0.3 is 0 Å². The lowest BCUT2D eigenvalue weighted by Gasteiger charge is -2.00. The summed E-state index contributed by atoms with van der Waals surface area (Å²) in [5.74, 6) is -0.444. The summed E-state index contributed by atoms with van der Waals surface area (Å²) in [5.41, 5.74) is -0.455. The highest BCUT2D eigenvalue weighted by molar-refractivity contribution is 5.92. The molecule has 0 aliphatic carbocycles. The number of nitroso groups, excluding NO2 is 1. The van der Waals surface area contributed by atoms with E-state index in [2.05, 4.69) is 5.18 Å². The van der Waals surface area contributed by atoms with E-state index >= 15 is 0 Å². The molecule has 2 rings (SSSR count). The van der Waals surface area contributed by atoms with Crippen LogP contribution in [0.5, 0.6) is 5.75 Å². The van der Waals surface area contributed by atoms with Crippen LogP contribution < -0.4 is 0 Å². The van der Waals surface area contributed by atoms with Gasteiger partial charge < -0.3 is 5.11 Å². The van der Waals surface area contributed by atoms with Crippen molar-refractivity contribution in [2.45, 2.75) is 0 Å². The van der Waals surface area contributed by atoms with E-state index in [0.717, 1.165) is 0 Å². The Bertz CT molecular complexity index is 598. The predicted molar refractivity (Wildman–Crippen MR) is 51.1 cm³/mol. The van der Waals surface area contributed by atoms with Gasteiger partial charge in [-0.2, -0.15) is 0 Å². The van der Waals surface area contributed by atoms with Crippen molar-refractivity contribution in [1.29, 1.82) is 0 Å². The van der Waals surface area contributed by atoms with E-state index in [0.29, 0.717) is 0 Å². The van der Waals surface area contributed by atoms with Crippen LogP contribution in [0.1, 0.15) is 4.11 Å². The first-order chi connectivity index (χ1) is 7.57. The van der Waals surface area contributed by atoms with Gasteiger partial charge in [0.25, 0.3) is 0 Å². The van der Waals surface area contributed by atoms with E-state index in [1.165, 1.54) is 18.2 Å². The minimum absolute atomic E-state index is 0.0312. The number of phenols is 1. The molecule has 1 N–H and O–H groups in total. The third kappa shape index (κ3) is 1.14. The number of hydrogen-bond donors (Lipinski definition) is 1. The number of rotatable bonds is 1. The summed E-state index contributed by atoms with van der Waals surface area (Å²) in [6.07, 6.45) is 0. The van der Waals surface area contributed by atoms with Crippen molar-refractivity contribution < 1.29 is 9.22 Å². The molecule has 0 unspecified atom stereocenters. The Morgan fingerprint density at radius 1 is 1.31 bits per heavy atom. The maximum absolute atomic E-state index is 10.5. The molecule has 0 saturated heterocycles. The second-order valence-corrected chi connectivity index (χ2v) is 2.50. The third-order valence-electron chi connectivity index (χ3n) is 1.73. The summed E-state index contributed by atoms with van der Waals surface area (Å²) in [6, 6.07) is 3.76. The van der Waals surface area contributed by atoms with Crippen LogP contribution >= 0.6 is 0 Å². The Morgan fingerprint density at radius 3 is 2.92 bits per heavy atom. The maximum atomic E-state index is 10.5. The van der Waals surface area contributed by atoms with E-state index in [4.69, 9.17) is 4.11 Å². The number of fused-ring (bicyclic) bond motifs is 1. The molecule has 0 fully saturated rings.